The molecule has 0 aromatic carbocycles. The predicted molar refractivity (Wildman–Crippen MR) is 352 cm³/mol. The first-order chi connectivity index (χ1) is 38.9. The topological polar surface area (TPSA) is 259 Å². The molecule has 3 aliphatic heterocycles. The van der Waals surface area contributed by atoms with Crippen LogP contribution in [0.2, 0.25) is 0 Å². The van der Waals surface area contributed by atoms with E-state index in [1.165, 1.54) is 32.6 Å². The van der Waals surface area contributed by atoms with Crippen LogP contribution in [0.5, 0.6) is 0 Å². The Bertz CT molecular complexity index is 1070. The zero-order valence-corrected chi connectivity index (χ0v) is 63.6. The molecule has 504 valence electrons. The summed E-state index contributed by atoms with van der Waals surface area (Å²) in [6.07, 6.45) is 9.21. The van der Waals surface area contributed by atoms with Gasteiger partial charge in [0.2, 0.25) is 0 Å². The molecule has 19 nitrogen and oxygen atoms in total. The molecule has 83 heavy (non-hydrogen) atoms. The number of epoxide rings is 1. The van der Waals surface area contributed by atoms with Gasteiger partial charge in [-0.2, -0.15) is 0 Å². The number of rotatable bonds is 36. The molecule has 0 spiro atoms. The second-order valence-electron chi connectivity index (χ2n) is 21.1. The molecule has 3 fully saturated rings. The second kappa shape index (κ2) is 79.5. The van der Waals surface area contributed by atoms with Crippen LogP contribution in [0.1, 0.15) is 174 Å². The van der Waals surface area contributed by atoms with Crippen LogP contribution in [-0.4, -0.2) is 299 Å². The van der Waals surface area contributed by atoms with Gasteiger partial charge in [-0.15, -0.1) is 19.6 Å². The first-order valence-corrected chi connectivity index (χ1v) is 33.0. The molecule has 3 saturated heterocycles. The molecule has 0 saturated carbocycles. The Balaban J connectivity index is -0.000000139. The molecular formula is C62H146N12O7Y2-2. The van der Waals surface area contributed by atoms with Crippen LogP contribution in [0.25, 0.3) is 11.1 Å². The van der Waals surface area contributed by atoms with Gasteiger partial charge in [-0.1, -0.05) is 104 Å². The fourth-order valence-corrected chi connectivity index (χ4v) is 7.34. The van der Waals surface area contributed by atoms with E-state index in [1.54, 1.807) is 0 Å². The fourth-order valence-electron chi connectivity index (χ4n) is 7.34. The number of aliphatic hydroxyl groups excluding tert-OH is 6. The monoisotopic (exact) mass is 1350 g/mol. The summed E-state index contributed by atoms with van der Waals surface area (Å²) in [5.74, 6) is 0. The van der Waals surface area contributed by atoms with Gasteiger partial charge >= 0.3 is 0 Å². The van der Waals surface area contributed by atoms with Crippen LogP contribution in [0.3, 0.4) is 0 Å². The van der Waals surface area contributed by atoms with Crippen molar-refractivity contribution in [3.63, 3.8) is 0 Å². The molecular weight excluding hydrogens is 1200 g/mol. The molecule has 3 rings (SSSR count). The van der Waals surface area contributed by atoms with E-state index in [1.807, 2.05) is 69.2 Å². The minimum Gasteiger partial charge on any atom is -0.676 e. The Morgan fingerprint density at radius 3 is 1.08 bits per heavy atom. The number of nitrogens with one attached hydrogen (secondary N) is 2. The quantitative estimate of drug-likeness (QED) is 0.0244. The van der Waals surface area contributed by atoms with Crippen molar-refractivity contribution < 1.29 is 101 Å². The normalized spacial score (nSPS) is 17.1. The van der Waals surface area contributed by atoms with Crippen LogP contribution in [0.15, 0.2) is 0 Å². The summed E-state index contributed by atoms with van der Waals surface area (Å²) in [5.41, 5.74) is 17.0. The number of likely N-dealkylation sites (N-methyl/N-ethyl adjacent to an activating group) is 2. The minimum absolute atomic E-state index is 0. The van der Waals surface area contributed by atoms with Gasteiger partial charge in [-0.3, -0.25) is 19.6 Å². The van der Waals surface area contributed by atoms with E-state index in [4.69, 9.17) is 21.9 Å². The van der Waals surface area contributed by atoms with Gasteiger partial charge in [-0.25, -0.2) is 0 Å². The number of aliphatic hydroxyl groups is 6. The average Bonchev–Trinajstić information content (AvgIpc) is 4.34. The third-order valence-corrected chi connectivity index (χ3v) is 13.4. The van der Waals surface area contributed by atoms with Crippen molar-refractivity contribution in [2.24, 2.45) is 11.5 Å². The van der Waals surface area contributed by atoms with Crippen LogP contribution < -0.4 is 16.8 Å². The Morgan fingerprint density at radius 1 is 0.494 bits per heavy atom. The van der Waals surface area contributed by atoms with Crippen molar-refractivity contribution in [1.29, 1.82) is 0 Å². The van der Waals surface area contributed by atoms with E-state index in [0.717, 1.165) is 176 Å². The van der Waals surface area contributed by atoms with Gasteiger partial charge in [-0.05, 0) is 124 Å². The van der Waals surface area contributed by atoms with Crippen LogP contribution in [0, 0.1) is 0 Å². The smallest absolute Gasteiger partial charge is 0.0807 e. The van der Waals surface area contributed by atoms with Gasteiger partial charge in [0.15, 0.2) is 0 Å². The molecule has 0 amide bonds. The number of nitrogens with zero attached hydrogens (tertiary/aromatic N) is 8. The first-order valence-electron chi connectivity index (χ1n) is 33.0. The third kappa shape index (κ3) is 77.6. The first kappa shape index (κ1) is 101. The summed E-state index contributed by atoms with van der Waals surface area (Å²) in [6, 6.07) is 0. The standard InChI is InChI=1S/C17H37N4O2.2C11H25NO2.C9H21N4.C4H8O.2C3H9N.2C2H6.2Y/c1-4-16(22)14-18-6-7-21(15-17(23)5-2)13-12-20-10-8-19(3)9-11-20;2*1-4-7-12(8-10(13)5-2)9-11(14)6-3;1-12-6-8-13(9-7-12)5-4-11-3-2-10;1-2-4-3-5-4;2*1-2-3-4;2*1-2;;/h16-17,22-23H,4-15H2,1-3H3;2*10-11,13-14H,4-9H2,1-3H3;10-11H,2-9H2,1H3;4H,2-3H2,1H3;2*2-4H2,1H3;2*1-2H3;;/q-1;;;-1;;;;;;;. The molecule has 3 heterocycles. The van der Waals surface area contributed by atoms with Crippen molar-refractivity contribution in [3.05, 3.63) is 11.1 Å². The Hall–Kier alpha value is 1.45. The molecule has 12 N–H and O–H groups in total. The number of piperazine rings is 2. The van der Waals surface area contributed by atoms with E-state index in [2.05, 4.69) is 93.6 Å². The van der Waals surface area contributed by atoms with Crippen LogP contribution in [0.4, 0.5) is 0 Å². The molecule has 7 unspecified atom stereocenters. The summed E-state index contributed by atoms with van der Waals surface area (Å²) < 4.78 is 4.86. The van der Waals surface area contributed by atoms with Gasteiger partial charge in [0, 0.05) is 183 Å². The summed E-state index contributed by atoms with van der Waals surface area (Å²) in [5, 5.41) is 65.2. The van der Waals surface area contributed by atoms with Crippen molar-refractivity contribution >= 4 is 0 Å². The Labute approximate surface area is 566 Å². The molecule has 0 aromatic rings. The number of hydrogen-bond acceptors (Lipinski definition) is 17. The SMILES string of the molecule is CC.CC.CCC(O)C[N-]CCN(CCN1CCN(C)CC1)CC(O)CC.CCC1CO1.CCCN.CCCN.CCCN(CC(O)CC)CC(O)CC.CCCN(CC(O)CC)CC(O)CC.CN1CCN(CCNCC[NH-])CC1.[Y].[Y]. The molecule has 2 radical (unpaired) electrons. The van der Waals surface area contributed by atoms with Gasteiger partial charge in [0.25, 0.3) is 0 Å². The molecule has 0 aromatic heterocycles. The molecule has 0 bridgehead atoms. The summed E-state index contributed by atoms with van der Waals surface area (Å²) in [6.45, 7) is 55.3. The second-order valence-corrected chi connectivity index (χ2v) is 21.1. The summed E-state index contributed by atoms with van der Waals surface area (Å²) in [7, 11) is 4.35. The largest absolute Gasteiger partial charge is 0.676 e. The van der Waals surface area contributed by atoms with Gasteiger partial charge < -0.3 is 77.9 Å². The number of ether oxygens (including phenoxy) is 1. The minimum atomic E-state index is -0.310. The summed E-state index contributed by atoms with van der Waals surface area (Å²) >= 11 is 0. The van der Waals surface area contributed by atoms with E-state index in [9.17, 15) is 30.6 Å². The number of hydrogen-bond donors (Lipinski definition) is 9. The zero-order chi connectivity index (χ0) is 63.1. The fraction of sp³-hybridized carbons (Fsp3) is 1.00. The molecule has 21 heteroatoms. The van der Waals surface area contributed by atoms with E-state index in [0.29, 0.717) is 45.4 Å². The van der Waals surface area contributed by atoms with Crippen molar-refractivity contribution in [2.45, 2.75) is 217 Å². The maximum Gasteiger partial charge on any atom is 0.0807 e. The maximum atomic E-state index is 9.95. The molecule has 0 aliphatic carbocycles. The van der Waals surface area contributed by atoms with Gasteiger partial charge in [0.05, 0.1) is 43.2 Å². The van der Waals surface area contributed by atoms with Crippen LogP contribution >= 0.6 is 0 Å². The molecule has 7 atom stereocenters. The van der Waals surface area contributed by atoms with E-state index < -0.39 is 0 Å². The van der Waals surface area contributed by atoms with Crippen molar-refractivity contribution in [1.82, 2.24) is 39.6 Å². The van der Waals surface area contributed by atoms with Crippen molar-refractivity contribution in [2.75, 3.05) is 191 Å². The average molecular weight is 1350 g/mol. The van der Waals surface area contributed by atoms with Gasteiger partial charge in [0.1, 0.15) is 0 Å². The van der Waals surface area contributed by atoms with E-state index >= 15 is 0 Å². The number of nitrogens with two attached hydrogens (primary N) is 2. The molecule has 3 aliphatic rings. The third-order valence-electron chi connectivity index (χ3n) is 13.4. The van der Waals surface area contributed by atoms with E-state index in [-0.39, 0.29) is 102 Å². The van der Waals surface area contributed by atoms with Crippen molar-refractivity contribution in [3.8, 4) is 0 Å². The summed E-state index contributed by atoms with van der Waals surface area (Å²) in [4.78, 5) is 16.3. The van der Waals surface area contributed by atoms with Crippen LogP contribution in [-0.2, 0) is 70.2 Å². The maximum absolute atomic E-state index is 9.95. The Kier molecular flexibility index (Phi) is 96.4. The Morgan fingerprint density at radius 2 is 0.819 bits per heavy atom. The zero-order valence-electron chi connectivity index (χ0n) is 57.9. The predicted octanol–water partition coefficient (Wildman–Crippen LogP) is 6.36.